The Hall–Kier alpha value is -2.76. The van der Waals surface area contributed by atoms with E-state index in [0.29, 0.717) is 28.8 Å². The number of hydrogen-bond acceptors (Lipinski definition) is 7. The summed E-state index contributed by atoms with van der Waals surface area (Å²) in [4.78, 5) is 47.4. The van der Waals surface area contributed by atoms with E-state index in [1.807, 2.05) is 30.2 Å². The van der Waals surface area contributed by atoms with Gasteiger partial charge in [-0.15, -0.1) is 0 Å². The Labute approximate surface area is 247 Å². The maximum absolute atomic E-state index is 12.3. The third kappa shape index (κ3) is 9.37. The molecule has 0 saturated carbocycles. The van der Waals surface area contributed by atoms with Crippen molar-refractivity contribution in [1.29, 1.82) is 0 Å². The summed E-state index contributed by atoms with van der Waals surface area (Å²) in [5, 5.41) is 12.8. The number of fused-ring (bicyclic) bond motifs is 2. The van der Waals surface area contributed by atoms with Gasteiger partial charge in [-0.2, -0.15) is 16.7 Å². The van der Waals surface area contributed by atoms with Crippen LogP contribution in [0.4, 0.5) is 10.7 Å². The predicted octanol–water partition coefficient (Wildman–Crippen LogP) is 4.47. The van der Waals surface area contributed by atoms with Gasteiger partial charge in [-0.1, -0.05) is 51.4 Å². The van der Waals surface area contributed by atoms with Crippen LogP contribution in [0, 0.1) is 0 Å². The minimum absolute atomic E-state index is 0.0375. The number of nitrogens with one attached hydrogen (secondary N) is 5. The fourth-order valence-electron chi connectivity index (χ4n) is 5.67. The van der Waals surface area contributed by atoms with Gasteiger partial charge in [-0.3, -0.25) is 14.6 Å². The standard InChI is InChI=1S/C29H48N8O3S/c1-20(2)37-19-32-25-26(37)35-28(36-27(25)39)31-17-13-9-7-5-3-4-6-8-12-16-30-23(38)15-11-10-14-22-24-21(18-41-22)33-29(40)34-24/h19-22,24H,3-18H2,1-2H3,(H,30,38)(H2,33,34,40)(H2,31,35,36,39)/t21-,22-,24-/m1/s1. The Morgan fingerprint density at radius 1 is 1.00 bits per heavy atom. The van der Waals surface area contributed by atoms with Crippen molar-refractivity contribution in [3.63, 3.8) is 0 Å². The van der Waals surface area contributed by atoms with Gasteiger partial charge in [0.25, 0.3) is 5.56 Å². The molecule has 2 aliphatic heterocycles. The molecule has 0 radical (unpaired) electrons. The number of amides is 3. The zero-order valence-electron chi connectivity index (χ0n) is 24.7. The quantitative estimate of drug-likeness (QED) is 0.120. The first kappa shape index (κ1) is 31.2. The Bertz CT molecular complexity index is 1180. The first-order valence-electron chi connectivity index (χ1n) is 15.6. The zero-order chi connectivity index (χ0) is 29.0. The Morgan fingerprint density at radius 2 is 1.71 bits per heavy atom. The molecule has 0 aromatic carbocycles. The van der Waals surface area contributed by atoms with Crippen molar-refractivity contribution < 1.29 is 9.59 Å². The first-order valence-corrected chi connectivity index (χ1v) is 16.6. The van der Waals surface area contributed by atoms with Crippen molar-refractivity contribution in [2.24, 2.45) is 0 Å². The van der Waals surface area contributed by atoms with Gasteiger partial charge in [0.1, 0.15) is 0 Å². The summed E-state index contributed by atoms with van der Waals surface area (Å²) in [6, 6.07) is 0.686. The molecule has 2 fully saturated rings. The number of hydrogen-bond donors (Lipinski definition) is 5. The second-order valence-electron chi connectivity index (χ2n) is 11.7. The van der Waals surface area contributed by atoms with Crippen LogP contribution in [0.1, 0.15) is 103 Å². The molecule has 3 atom stereocenters. The molecule has 228 valence electrons. The van der Waals surface area contributed by atoms with Crippen LogP contribution in [0.15, 0.2) is 11.1 Å². The molecule has 41 heavy (non-hydrogen) atoms. The van der Waals surface area contributed by atoms with E-state index in [2.05, 4.69) is 36.2 Å². The summed E-state index contributed by atoms with van der Waals surface area (Å²) in [5.74, 6) is 1.66. The lowest BCUT2D eigenvalue weighted by Crippen LogP contribution is -2.36. The number of unbranched alkanes of at least 4 members (excludes halogenated alkanes) is 9. The number of rotatable bonds is 19. The van der Waals surface area contributed by atoms with E-state index in [1.54, 1.807) is 6.33 Å². The van der Waals surface area contributed by atoms with Crippen molar-refractivity contribution >= 4 is 40.8 Å². The van der Waals surface area contributed by atoms with Crippen LogP contribution in [0.5, 0.6) is 0 Å². The van der Waals surface area contributed by atoms with E-state index in [1.165, 1.54) is 32.1 Å². The molecule has 12 heteroatoms. The summed E-state index contributed by atoms with van der Waals surface area (Å²) in [5.41, 5.74) is 0.799. The molecule has 0 aliphatic carbocycles. The number of carbonyl (C=O) groups is 2. The number of H-pyrrole nitrogens is 1. The van der Waals surface area contributed by atoms with Crippen LogP contribution in [0.25, 0.3) is 11.2 Å². The Kier molecular flexibility index (Phi) is 12.2. The van der Waals surface area contributed by atoms with E-state index in [0.717, 1.165) is 63.8 Å². The molecule has 11 nitrogen and oxygen atoms in total. The van der Waals surface area contributed by atoms with Gasteiger partial charge in [-0.25, -0.2) is 9.78 Å². The number of imidazole rings is 1. The maximum atomic E-state index is 12.3. The van der Waals surface area contributed by atoms with Gasteiger partial charge in [0.15, 0.2) is 11.2 Å². The van der Waals surface area contributed by atoms with E-state index in [-0.39, 0.29) is 35.6 Å². The minimum atomic E-state index is -0.206. The van der Waals surface area contributed by atoms with Crippen LogP contribution in [-0.2, 0) is 4.79 Å². The lowest BCUT2D eigenvalue weighted by atomic mass is 10.0. The average Bonchev–Trinajstić information content (AvgIpc) is 3.64. The van der Waals surface area contributed by atoms with Gasteiger partial charge in [0.05, 0.1) is 18.4 Å². The maximum Gasteiger partial charge on any atom is 0.315 e. The number of aromatic amines is 1. The van der Waals surface area contributed by atoms with E-state index in [9.17, 15) is 14.4 Å². The number of anilines is 1. The second kappa shape index (κ2) is 16.0. The summed E-state index contributed by atoms with van der Waals surface area (Å²) in [6.45, 7) is 5.65. The van der Waals surface area contributed by atoms with Gasteiger partial charge in [0.2, 0.25) is 11.9 Å². The third-order valence-electron chi connectivity index (χ3n) is 8.04. The molecule has 4 heterocycles. The molecular formula is C29H48N8O3S. The van der Waals surface area contributed by atoms with Crippen LogP contribution in [-0.4, -0.2) is 67.6 Å². The normalized spacial score (nSPS) is 19.9. The second-order valence-corrected chi connectivity index (χ2v) is 12.9. The number of aromatic nitrogens is 4. The molecular weight excluding hydrogens is 540 g/mol. The van der Waals surface area contributed by atoms with Crippen molar-refractivity contribution in [3.05, 3.63) is 16.7 Å². The number of thioether (sulfide) groups is 1. The van der Waals surface area contributed by atoms with Crippen LogP contribution in [0.2, 0.25) is 0 Å². The van der Waals surface area contributed by atoms with Crippen LogP contribution >= 0.6 is 11.8 Å². The third-order valence-corrected chi connectivity index (χ3v) is 9.55. The molecule has 0 spiro atoms. The number of nitrogens with zero attached hydrogens (tertiary/aromatic N) is 3. The molecule has 2 aromatic heterocycles. The summed E-state index contributed by atoms with van der Waals surface area (Å²) < 4.78 is 1.91. The van der Waals surface area contributed by atoms with Gasteiger partial charge in [0, 0.05) is 36.6 Å². The van der Waals surface area contributed by atoms with Crippen molar-refractivity contribution in [3.8, 4) is 0 Å². The lowest BCUT2D eigenvalue weighted by molar-refractivity contribution is -0.121. The van der Waals surface area contributed by atoms with Crippen LogP contribution < -0.4 is 26.8 Å². The fraction of sp³-hybridized carbons (Fsp3) is 0.759. The first-order chi connectivity index (χ1) is 19.9. The monoisotopic (exact) mass is 588 g/mol. The molecule has 4 rings (SSSR count). The van der Waals surface area contributed by atoms with E-state index < -0.39 is 0 Å². The van der Waals surface area contributed by atoms with Gasteiger partial charge in [-0.05, 0) is 39.5 Å². The lowest BCUT2D eigenvalue weighted by Gasteiger charge is -2.16. The van der Waals surface area contributed by atoms with Gasteiger partial charge >= 0.3 is 6.03 Å². The Balaban J connectivity index is 0.921. The summed E-state index contributed by atoms with van der Waals surface area (Å²) >= 11 is 1.93. The van der Waals surface area contributed by atoms with Crippen molar-refractivity contribution in [2.45, 2.75) is 121 Å². The number of urea groups is 1. The molecule has 2 saturated heterocycles. The predicted molar refractivity (Wildman–Crippen MR) is 166 cm³/mol. The largest absolute Gasteiger partial charge is 0.356 e. The highest BCUT2D eigenvalue weighted by Gasteiger charge is 2.42. The van der Waals surface area contributed by atoms with Crippen LogP contribution in [0.3, 0.4) is 0 Å². The average molecular weight is 589 g/mol. The smallest absolute Gasteiger partial charge is 0.315 e. The summed E-state index contributed by atoms with van der Waals surface area (Å²) in [7, 11) is 0. The highest BCUT2D eigenvalue weighted by atomic mass is 32.2. The minimum Gasteiger partial charge on any atom is -0.356 e. The van der Waals surface area contributed by atoms with Crippen molar-refractivity contribution in [2.75, 3.05) is 24.2 Å². The molecule has 0 bridgehead atoms. The summed E-state index contributed by atoms with van der Waals surface area (Å²) in [6.07, 6.45) is 15.9. The molecule has 0 unspecified atom stereocenters. The SMILES string of the molecule is CC(C)n1cnc2c(=O)[nH]c(NCCCCCCCCCCCNC(=O)CCCC[C@H]3SC[C@H]4NC(=O)N[C@H]43)nc21. The fourth-order valence-corrected chi connectivity index (χ4v) is 7.22. The van der Waals surface area contributed by atoms with Crippen molar-refractivity contribution in [1.82, 2.24) is 35.5 Å². The zero-order valence-corrected chi connectivity index (χ0v) is 25.5. The topological polar surface area (TPSA) is 146 Å². The van der Waals surface area contributed by atoms with E-state index in [4.69, 9.17) is 0 Å². The van der Waals surface area contributed by atoms with Gasteiger partial charge < -0.3 is 25.8 Å². The molecule has 3 amide bonds. The highest BCUT2D eigenvalue weighted by molar-refractivity contribution is 8.00. The molecule has 2 aliphatic rings. The van der Waals surface area contributed by atoms with E-state index >= 15 is 0 Å². The highest BCUT2D eigenvalue weighted by Crippen LogP contribution is 2.33. The molecule has 5 N–H and O–H groups in total. The number of carbonyl (C=O) groups excluding carboxylic acids is 2. The molecule has 2 aromatic rings. The Morgan fingerprint density at radius 3 is 2.44 bits per heavy atom.